The molecule has 0 heterocycles. The van der Waals surface area contributed by atoms with Crippen LogP contribution in [0.3, 0.4) is 0 Å². The van der Waals surface area contributed by atoms with Gasteiger partial charge >= 0.3 is 6.09 Å². The lowest BCUT2D eigenvalue weighted by Gasteiger charge is -2.25. The summed E-state index contributed by atoms with van der Waals surface area (Å²) in [6.07, 6.45) is 5.44. The van der Waals surface area contributed by atoms with E-state index in [2.05, 4.69) is 12.2 Å². The molecule has 0 saturated heterocycles. The molecule has 0 aliphatic heterocycles. The second kappa shape index (κ2) is 11.4. The van der Waals surface area contributed by atoms with E-state index in [1.165, 1.54) is 0 Å². The summed E-state index contributed by atoms with van der Waals surface area (Å²) >= 11 is 0. The molecular formula is C17H31NO3. The van der Waals surface area contributed by atoms with E-state index in [0.29, 0.717) is 13.0 Å². The molecule has 4 heteroatoms. The molecule has 1 amide bonds. The van der Waals surface area contributed by atoms with Crippen molar-refractivity contribution in [3.63, 3.8) is 0 Å². The lowest BCUT2D eigenvalue weighted by Crippen LogP contribution is -2.37. The number of hydrogen-bond donors (Lipinski definition) is 2. The number of rotatable bonds is 9. The minimum atomic E-state index is -0.787. The standard InChI is InChI=1S/C17H31NO3/c1-6-9-11-15(21-17(20)18-12-8-3)16(19)14(10-7-2)13(4)5/h7,10,15-16,19H,6,8-9,11-12H2,1-5H3,(H,18,20). The van der Waals surface area contributed by atoms with Gasteiger partial charge in [-0.25, -0.2) is 4.79 Å². The van der Waals surface area contributed by atoms with Gasteiger partial charge in [0.25, 0.3) is 0 Å². The quantitative estimate of drug-likeness (QED) is 0.633. The zero-order valence-corrected chi connectivity index (χ0v) is 14.1. The molecule has 0 radical (unpaired) electrons. The minimum absolute atomic E-state index is 0.453. The number of allylic oxidation sites excluding steroid dienone is 2. The first kappa shape index (κ1) is 19.7. The molecule has 122 valence electrons. The van der Waals surface area contributed by atoms with E-state index in [1.807, 2.05) is 39.8 Å². The number of aliphatic hydroxyl groups is 1. The van der Waals surface area contributed by atoms with Crippen molar-refractivity contribution in [3.05, 3.63) is 23.3 Å². The van der Waals surface area contributed by atoms with Crippen LogP contribution in [0.1, 0.15) is 60.3 Å². The van der Waals surface area contributed by atoms with Crippen LogP contribution < -0.4 is 5.32 Å². The van der Waals surface area contributed by atoms with Crippen LogP contribution in [-0.2, 0) is 4.74 Å². The molecule has 0 aliphatic carbocycles. The van der Waals surface area contributed by atoms with Gasteiger partial charge in [-0.2, -0.15) is 0 Å². The summed E-state index contributed by atoms with van der Waals surface area (Å²) in [5, 5.41) is 13.2. The summed E-state index contributed by atoms with van der Waals surface area (Å²) < 4.78 is 5.43. The average Bonchev–Trinajstić information content (AvgIpc) is 2.45. The number of carbonyl (C=O) groups is 1. The van der Waals surface area contributed by atoms with Crippen molar-refractivity contribution >= 4 is 6.09 Å². The number of hydrogen-bond acceptors (Lipinski definition) is 3. The zero-order valence-electron chi connectivity index (χ0n) is 14.1. The smallest absolute Gasteiger partial charge is 0.407 e. The van der Waals surface area contributed by atoms with E-state index in [4.69, 9.17) is 4.74 Å². The molecule has 0 bridgehead atoms. The van der Waals surface area contributed by atoms with Crippen molar-refractivity contribution in [2.24, 2.45) is 0 Å². The lowest BCUT2D eigenvalue weighted by molar-refractivity contribution is 0.0157. The normalized spacial score (nSPS) is 13.8. The maximum absolute atomic E-state index is 11.8. The van der Waals surface area contributed by atoms with E-state index in [1.54, 1.807) is 0 Å². The Kier molecular flexibility index (Phi) is 10.7. The first-order chi connectivity index (χ1) is 9.97. The summed E-state index contributed by atoms with van der Waals surface area (Å²) in [4.78, 5) is 11.8. The van der Waals surface area contributed by atoms with Crippen LogP contribution in [0.4, 0.5) is 4.79 Å². The molecule has 0 aromatic heterocycles. The van der Waals surface area contributed by atoms with Crippen molar-refractivity contribution in [2.75, 3.05) is 6.54 Å². The Bertz CT molecular complexity index is 357. The van der Waals surface area contributed by atoms with Crippen molar-refractivity contribution in [1.82, 2.24) is 5.32 Å². The fourth-order valence-corrected chi connectivity index (χ4v) is 2.03. The highest BCUT2D eigenvalue weighted by Crippen LogP contribution is 2.20. The lowest BCUT2D eigenvalue weighted by atomic mass is 9.96. The van der Waals surface area contributed by atoms with Crippen LogP contribution in [-0.4, -0.2) is 30.0 Å². The van der Waals surface area contributed by atoms with Crippen LogP contribution in [0.2, 0.25) is 0 Å². The molecule has 2 atom stereocenters. The number of ether oxygens (including phenoxy) is 1. The van der Waals surface area contributed by atoms with Gasteiger partial charge < -0.3 is 15.2 Å². The third-order valence-corrected chi connectivity index (χ3v) is 3.21. The zero-order chi connectivity index (χ0) is 16.3. The fraction of sp³-hybridized carbons (Fsp3) is 0.706. The van der Waals surface area contributed by atoms with E-state index < -0.39 is 18.3 Å². The molecule has 2 unspecified atom stereocenters. The molecule has 4 nitrogen and oxygen atoms in total. The van der Waals surface area contributed by atoms with E-state index in [-0.39, 0.29) is 0 Å². The predicted molar refractivity (Wildman–Crippen MR) is 87.3 cm³/mol. The van der Waals surface area contributed by atoms with Gasteiger partial charge in [-0.15, -0.1) is 0 Å². The predicted octanol–water partition coefficient (Wildman–Crippen LogP) is 3.95. The number of nitrogens with one attached hydrogen (secondary N) is 1. The molecule has 0 aliphatic rings. The molecule has 0 fully saturated rings. The maximum Gasteiger partial charge on any atom is 0.407 e. The highest BCUT2D eigenvalue weighted by atomic mass is 16.6. The number of alkyl carbamates (subject to hydrolysis) is 1. The maximum atomic E-state index is 11.8. The summed E-state index contributed by atoms with van der Waals surface area (Å²) in [5.74, 6) is 0. The number of unbranched alkanes of at least 4 members (excludes halogenated alkanes) is 1. The van der Waals surface area contributed by atoms with Crippen LogP contribution in [0.25, 0.3) is 0 Å². The van der Waals surface area contributed by atoms with E-state index >= 15 is 0 Å². The third-order valence-electron chi connectivity index (χ3n) is 3.21. The summed E-state index contributed by atoms with van der Waals surface area (Å²) in [5.41, 5.74) is 1.85. The second-order valence-electron chi connectivity index (χ2n) is 5.41. The Morgan fingerprint density at radius 2 is 1.95 bits per heavy atom. The number of amides is 1. The third kappa shape index (κ3) is 7.90. The first-order valence-corrected chi connectivity index (χ1v) is 7.90. The van der Waals surface area contributed by atoms with Crippen molar-refractivity contribution in [1.29, 1.82) is 0 Å². The number of carbonyl (C=O) groups excluding carboxylic acids is 1. The Balaban J connectivity index is 4.94. The highest BCUT2D eigenvalue weighted by Gasteiger charge is 2.25. The number of aliphatic hydroxyl groups excluding tert-OH is 1. The first-order valence-electron chi connectivity index (χ1n) is 7.90. The van der Waals surface area contributed by atoms with Crippen molar-refractivity contribution in [3.8, 4) is 0 Å². The molecule has 0 spiro atoms. The van der Waals surface area contributed by atoms with Gasteiger partial charge in [0.05, 0.1) is 0 Å². The average molecular weight is 297 g/mol. The van der Waals surface area contributed by atoms with E-state index in [9.17, 15) is 9.90 Å². The van der Waals surface area contributed by atoms with Gasteiger partial charge in [-0.05, 0) is 45.6 Å². The Labute approximate surface area is 129 Å². The summed E-state index contributed by atoms with van der Waals surface area (Å²) in [7, 11) is 0. The molecule has 2 N–H and O–H groups in total. The van der Waals surface area contributed by atoms with Crippen LogP contribution in [0, 0.1) is 0 Å². The van der Waals surface area contributed by atoms with Gasteiger partial charge in [0, 0.05) is 6.54 Å². The van der Waals surface area contributed by atoms with Crippen molar-refractivity contribution < 1.29 is 14.6 Å². The molecule has 0 aromatic carbocycles. The van der Waals surface area contributed by atoms with Crippen LogP contribution >= 0.6 is 0 Å². The topological polar surface area (TPSA) is 58.6 Å². The second-order valence-corrected chi connectivity index (χ2v) is 5.41. The van der Waals surface area contributed by atoms with Gasteiger partial charge in [0.2, 0.25) is 0 Å². The van der Waals surface area contributed by atoms with Gasteiger partial charge in [0.1, 0.15) is 12.2 Å². The van der Waals surface area contributed by atoms with Gasteiger partial charge in [-0.3, -0.25) is 0 Å². The largest absolute Gasteiger partial charge is 0.443 e. The molecule has 21 heavy (non-hydrogen) atoms. The van der Waals surface area contributed by atoms with Gasteiger partial charge in [-0.1, -0.05) is 38.0 Å². The Hall–Kier alpha value is -1.29. The molecule has 0 aromatic rings. The van der Waals surface area contributed by atoms with Crippen LogP contribution in [0.15, 0.2) is 23.3 Å². The Morgan fingerprint density at radius 1 is 1.29 bits per heavy atom. The Morgan fingerprint density at radius 3 is 2.43 bits per heavy atom. The SMILES string of the molecule is CC=CC(=C(C)C)C(O)C(CCCC)OC(=O)NCCC. The monoisotopic (exact) mass is 297 g/mol. The fourth-order valence-electron chi connectivity index (χ4n) is 2.03. The molecular weight excluding hydrogens is 266 g/mol. The van der Waals surface area contributed by atoms with Gasteiger partial charge in [0.15, 0.2) is 0 Å². The molecule has 0 saturated carbocycles. The van der Waals surface area contributed by atoms with Crippen molar-refractivity contribution in [2.45, 2.75) is 72.5 Å². The highest BCUT2D eigenvalue weighted by molar-refractivity contribution is 5.67. The molecule has 0 rings (SSSR count). The summed E-state index contributed by atoms with van der Waals surface area (Å²) in [6.45, 7) is 10.5. The van der Waals surface area contributed by atoms with E-state index in [0.717, 1.165) is 30.4 Å². The van der Waals surface area contributed by atoms with Crippen LogP contribution in [0.5, 0.6) is 0 Å². The summed E-state index contributed by atoms with van der Waals surface area (Å²) in [6, 6.07) is 0. The minimum Gasteiger partial charge on any atom is -0.443 e.